The lowest BCUT2D eigenvalue weighted by Gasteiger charge is -2.37. The second-order valence-corrected chi connectivity index (χ2v) is 5.29. The Balaban J connectivity index is 2.27. The lowest BCUT2D eigenvalue weighted by Crippen LogP contribution is -2.43. The molecule has 1 aliphatic rings. The molecule has 1 fully saturated rings. The molecule has 0 spiro atoms. The summed E-state index contributed by atoms with van der Waals surface area (Å²) in [7, 11) is 2.03. The van der Waals surface area contributed by atoms with Gasteiger partial charge in [0.2, 0.25) is 0 Å². The molecule has 2 rings (SSSR count). The number of piperidine rings is 1. The van der Waals surface area contributed by atoms with Gasteiger partial charge in [-0.05, 0) is 37.9 Å². The molecule has 1 aromatic rings. The van der Waals surface area contributed by atoms with Crippen molar-refractivity contribution in [2.75, 3.05) is 20.1 Å². The van der Waals surface area contributed by atoms with Gasteiger partial charge < -0.3 is 10.0 Å². The van der Waals surface area contributed by atoms with Crippen molar-refractivity contribution in [3.63, 3.8) is 0 Å². The van der Waals surface area contributed by atoms with Crippen molar-refractivity contribution in [1.82, 2.24) is 4.90 Å². The molecule has 1 aliphatic heterocycles. The second-order valence-electron chi connectivity index (χ2n) is 3.97. The van der Waals surface area contributed by atoms with E-state index in [2.05, 4.69) is 4.90 Å². The van der Waals surface area contributed by atoms with E-state index in [1.165, 1.54) is 0 Å². The van der Waals surface area contributed by atoms with E-state index in [1.54, 1.807) is 11.3 Å². The molecule has 1 atom stereocenters. The quantitative estimate of drug-likeness (QED) is 0.802. The van der Waals surface area contributed by atoms with Crippen LogP contribution in [-0.2, 0) is 5.60 Å². The largest absolute Gasteiger partial charge is 0.383 e. The van der Waals surface area contributed by atoms with E-state index in [0.717, 1.165) is 24.3 Å². The normalized spacial score (nSPS) is 29.4. The Morgan fingerprint density at radius 3 is 3.00 bits per heavy atom. The summed E-state index contributed by atoms with van der Waals surface area (Å²) in [6, 6.07) is 1.86. The van der Waals surface area contributed by atoms with Gasteiger partial charge in [-0.2, -0.15) is 0 Å². The molecule has 14 heavy (non-hydrogen) atoms. The Bertz CT molecular complexity index is 328. The van der Waals surface area contributed by atoms with Crippen LogP contribution in [0.15, 0.2) is 11.4 Å². The third kappa shape index (κ3) is 1.82. The van der Waals surface area contributed by atoms with Crippen LogP contribution in [0.4, 0.5) is 0 Å². The number of nitrogens with zero attached hydrogens (tertiary/aromatic N) is 1. The molecule has 0 amide bonds. The highest BCUT2D eigenvalue weighted by Crippen LogP contribution is 2.38. The van der Waals surface area contributed by atoms with Gasteiger partial charge in [0, 0.05) is 6.54 Å². The molecule has 0 aliphatic carbocycles. The van der Waals surface area contributed by atoms with Gasteiger partial charge in [-0.1, -0.05) is 11.6 Å². The molecule has 4 heteroatoms. The predicted octanol–water partition coefficient (Wildman–Crippen LogP) is 2.31. The predicted molar refractivity (Wildman–Crippen MR) is 60.0 cm³/mol. The topological polar surface area (TPSA) is 23.5 Å². The zero-order chi connectivity index (χ0) is 10.2. The minimum Gasteiger partial charge on any atom is -0.383 e. The summed E-state index contributed by atoms with van der Waals surface area (Å²) < 4.78 is 0. The molecule has 78 valence electrons. The summed E-state index contributed by atoms with van der Waals surface area (Å²) in [5, 5.41) is 13.1. The molecule has 0 saturated carbocycles. The van der Waals surface area contributed by atoms with Crippen molar-refractivity contribution in [1.29, 1.82) is 0 Å². The van der Waals surface area contributed by atoms with Crippen LogP contribution in [0.25, 0.3) is 0 Å². The third-order valence-corrected chi connectivity index (χ3v) is 4.24. The second kappa shape index (κ2) is 3.81. The highest BCUT2D eigenvalue weighted by Gasteiger charge is 2.36. The van der Waals surface area contributed by atoms with Crippen molar-refractivity contribution in [3.05, 3.63) is 21.3 Å². The van der Waals surface area contributed by atoms with E-state index in [-0.39, 0.29) is 0 Å². The fourth-order valence-corrected chi connectivity index (χ4v) is 3.41. The number of likely N-dealkylation sites (N-methyl/N-ethyl adjacent to an activating group) is 1. The summed E-state index contributed by atoms with van der Waals surface area (Å²) in [6.07, 6.45) is 1.85. The molecular weight excluding hydrogens is 218 g/mol. The van der Waals surface area contributed by atoms with Crippen LogP contribution >= 0.6 is 22.9 Å². The number of β-amino-alcohol motifs (C(OH)–C–C–N with tert-alkyl or cyclic N) is 1. The Labute approximate surface area is 93.1 Å². The maximum atomic E-state index is 10.5. The van der Waals surface area contributed by atoms with E-state index in [1.807, 2.05) is 18.5 Å². The summed E-state index contributed by atoms with van der Waals surface area (Å²) in [6.45, 7) is 1.75. The van der Waals surface area contributed by atoms with Crippen LogP contribution in [0.1, 0.15) is 17.7 Å². The first kappa shape index (κ1) is 10.4. The van der Waals surface area contributed by atoms with Crippen LogP contribution < -0.4 is 0 Å². The van der Waals surface area contributed by atoms with Crippen molar-refractivity contribution in [2.24, 2.45) is 0 Å². The maximum absolute atomic E-state index is 10.5. The summed E-state index contributed by atoms with van der Waals surface area (Å²) in [5.74, 6) is 0. The van der Waals surface area contributed by atoms with Crippen LogP contribution in [-0.4, -0.2) is 30.1 Å². The van der Waals surface area contributed by atoms with E-state index >= 15 is 0 Å². The van der Waals surface area contributed by atoms with Gasteiger partial charge in [-0.3, -0.25) is 0 Å². The minimum atomic E-state index is -0.724. The molecule has 0 radical (unpaired) electrons. The number of rotatable bonds is 1. The van der Waals surface area contributed by atoms with Crippen LogP contribution in [0.5, 0.6) is 0 Å². The van der Waals surface area contributed by atoms with Gasteiger partial charge in [0.05, 0.1) is 9.90 Å². The molecule has 1 unspecified atom stereocenters. The third-order valence-electron chi connectivity index (χ3n) is 2.70. The Hall–Kier alpha value is -0.0900. The standard InChI is InChI=1S/C10H14ClNOS/c1-12-5-2-4-10(13,7-12)9-8(11)3-6-14-9/h3,6,13H,2,4-5,7H2,1H3. The van der Waals surface area contributed by atoms with E-state index in [0.29, 0.717) is 11.6 Å². The number of hydrogen-bond acceptors (Lipinski definition) is 3. The zero-order valence-electron chi connectivity index (χ0n) is 8.16. The number of hydrogen-bond donors (Lipinski definition) is 1. The van der Waals surface area contributed by atoms with Crippen LogP contribution in [0.2, 0.25) is 5.02 Å². The first-order chi connectivity index (χ1) is 6.62. The molecule has 2 heterocycles. The molecule has 1 saturated heterocycles. The van der Waals surface area contributed by atoms with Gasteiger partial charge in [0.15, 0.2) is 0 Å². The molecule has 2 nitrogen and oxygen atoms in total. The monoisotopic (exact) mass is 231 g/mol. The summed E-state index contributed by atoms with van der Waals surface area (Å²) >= 11 is 7.59. The molecular formula is C10H14ClNOS. The highest BCUT2D eigenvalue weighted by molar-refractivity contribution is 7.10. The Morgan fingerprint density at radius 1 is 1.64 bits per heavy atom. The number of likely N-dealkylation sites (tertiary alicyclic amines) is 1. The molecule has 0 aromatic carbocycles. The van der Waals surface area contributed by atoms with E-state index in [4.69, 9.17) is 11.6 Å². The Kier molecular flexibility index (Phi) is 2.84. The van der Waals surface area contributed by atoms with Crippen molar-refractivity contribution in [2.45, 2.75) is 18.4 Å². The van der Waals surface area contributed by atoms with Crippen molar-refractivity contribution < 1.29 is 5.11 Å². The maximum Gasteiger partial charge on any atom is 0.113 e. The minimum absolute atomic E-state index is 0.688. The van der Waals surface area contributed by atoms with Gasteiger partial charge >= 0.3 is 0 Å². The van der Waals surface area contributed by atoms with Gasteiger partial charge in [-0.15, -0.1) is 11.3 Å². The Morgan fingerprint density at radius 2 is 2.43 bits per heavy atom. The number of halogens is 1. The fourth-order valence-electron chi connectivity index (χ4n) is 2.06. The van der Waals surface area contributed by atoms with E-state index < -0.39 is 5.60 Å². The molecule has 1 N–H and O–H groups in total. The van der Waals surface area contributed by atoms with Gasteiger partial charge in [0.1, 0.15) is 5.60 Å². The summed E-state index contributed by atoms with van der Waals surface area (Å²) in [5.41, 5.74) is -0.724. The molecule has 0 bridgehead atoms. The molecule has 1 aromatic heterocycles. The summed E-state index contributed by atoms with van der Waals surface area (Å²) in [4.78, 5) is 3.07. The van der Waals surface area contributed by atoms with Crippen molar-refractivity contribution >= 4 is 22.9 Å². The van der Waals surface area contributed by atoms with E-state index in [9.17, 15) is 5.11 Å². The SMILES string of the molecule is CN1CCCC(O)(c2sccc2Cl)C1. The average molecular weight is 232 g/mol. The smallest absolute Gasteiger partial charge is 0.113 e. The zero-order valence-corrected chi connectivity index (χ0v) is 9.74. The average Bonchev–Trinajstić information content (AvgIpc) is 2.51. The van der Waals surface area contributed by atoms with Crippen LogP contribution in [0, 0.1) is 0 Å². The van der Waals surface area contributed by atoms with Crippen molar-refractivity contribution in [3.8, 4) is 0 Å². The highest BCUT2D eigenvalue weighted by atomic mass is 35.5. The fraction of sp³-hybridized carbons (Fsp3) is 0.600. The first-order valence-electron chi connectivity index (χ1n) is 4.76. The first-order valence-corrected chi connectivity index (χ1v) is 6.02. The van der Waals surface area contributed by atoms with Crippen LogP contribution in [0.3, 0.4) is 0 Å². The lowest BCUT2D eigenvalue weighted by atomic mass is 9.91. The van der Waals surface area contributed by atoms with Gasteiger partial charge in [0.25, 0.3) is 0 Å². The number of thiophene rings is 1. The number of aliphatic hydroxyl groups is 1. The van der Waals surface area contributed by atoms with Gasteiger partial charge in [-0.25, -0.2) is 0 Å². The lowest BCUT2D eigenvalue weighted by molar-refractivity contribution is -0.0247.